The lowest BCUT2D eigenvalue weighted by Crippen LogP contribution is -2.40. The predicted octanol–water partition coefficient (Wildman–Crippen LogP) is 3.67. The van der Waals surface area contributed by atoms with Crippen LogP contribution in [0.25, 0.3) is 0 Å². The molecule has 136 valence electrons. The minimum Gasteiger partial charge on any atom is -0.355 e. The summed E-state index contributed by atoms with van der Waals surface area (Å²) in [7, 11) is 0. The number of hydrogen-bond acceptors (Lipinski definition) is 3. The van der Waals surface area contributed by atoms with Crippen molar-refractivity contribution in [2.75, 3.05) is 25.4 Å². The van der Waals surface area contributed by atoms with Crippen LogP contribution in [-0.4, -0.2) is 41.4 Å². The van der Waals surface area contributed by atoms with Gasteiger partial charge >= 0.3 is 0 Å². The summed E-state index contributed by atoms with van der Waals surface area (Å²) in [4.78, 5) is 25.7. The van der Waals surface area contributed by atoms with Crippen LogP contribution in [0, 0.1) is 0 Å². The molecule has 0 unspecified atom stereocenters. The van der Waals surface area contributed by atoms with Crippen molar-refractivity contribution in [3.8, 4) is 0 Å². The molecular weight excluding hydrogens is 344 g/mol. The van der Waals surface area contributed by atoms with Crippen molar-refractivity contribution in [3.63, 3.8) is 0 Å². The normalized spacial score (nSPS) is 14.5. The Morgan fingerprint density at radius 2 is 1.65 bits per heavy atom. The van der Waals surface area contributed by atoms with Gasteiger partial charge in [-0.25, -0.2) is 0 Å². The number of carbonyl (C=O) groups is 2. The molecule has 5 heteroatoms. The molecule has 2 aromatic carbocycles. The average Bonchev–Trinajstić information content (AvgIpc) is 3.10. The predicted molar refractivity (Wildman–Crippen MR) is 106 cm³/mol. The van der Waals surface area contributed by atoms with Crippen LogP contribution in [0.15, 0.2) is 60.7 Å². The minimum atomic E-state index is -0.308. The van der Waals surface area contributed by atoms with Crippen LogP contribution in [0.1, 0.15) is 24.5 Å². The summed E-state index contributed by atoms with van der Waals surface area (Å²) >= 11 is 1.32. The topological polar surface area (TPSA) is 49.4 Å². The second kappa shape index (κ2) is 8.41. The highest BCUT2D eigenvalue weighted by molar-refractivity contribution is 8.13. The van der Waals surface area contributed by atoms with E-state index >= 15 is 0 Å². The van der Waals surface area contributed by atoms with Gasteiger partial charge in [0.1, 0.15) is 0 Å². The zero-order valence-corrected chi connectivity index (χ0v) is 15.8. The second-order valence-corrected chi connectivity index (χ2v) is 7.74. The quantitative estimate of drug-likeness (QED) is 0.811. The lowest BCUT2D eigenvalue weighted by molar-refractivity contribution is -0.121. The zero-order chi connectivity index (χ0) is 18.4. The third kappa shape index (κ3) is 4.28. The molecule has 1 aliphatic rings. The molecule has 1 saturated heterocycles. The van der Waals surface area contributed by atoms with Crippen molar-refractivity contribution in [3.05, 3.63) is 71.8 Å². The summed E-state index contributed by atoms with van der Waals surface area (Å²) in [6.45, 7) is 3.90. The van der Waals surface area contributed by atoms with E-state index in [2.05, 4.69) is 36.5 Å². The van der Waals surface area contributed by atoms with Crippen molar-refractivity contribution in [2.24, 2.45) is 0 Å². The maximum absolute atomic E-state index is 12.4. The van der Waals surface area contributed by atoms with Crippen LogP contribution < -0.4 is 5.32 Å². The fourth-order valence-corrected chi connectivity index (χ4v) is 4.06. The van der Waals surface area contributed by atoms with Gasteiger partial charge in [0.25, 0.3) is 5.24 Å². The molecule has 0 radical (unpaired) electrons. The zero-order valence-electron chi connectivity index (χ0n) is 15.0. The van der Waals surface area contributed by atoms with Crippen LogP contribution in [-0.2, 0) is 10.2 Å². The monoisotopic (exact) mass is 368 g/mol. The third-order valence-corrected chi connectivity index (χ3v) is 5.81. The van der Waals surface area contributed by atoms with E-state index in [0.717, 1.165) is 23.4 Å². The number of benzene rings is 2. The van der Waals surface area contributed by atoms with Crippen LogP contribution in [0.3, 0.4) is 0 Å². The maximum Gasteiger partial charge on any atom is 0.281 e. The van der Waals surface area contributed by atoms with E-state index in [1.165, 1.54) is 11.8 Å². The number of carbonyl (C=O) groups excluding carboxylic acids is 2. The Balaban J connectivity index is 1.67. The number of thioether (sulfide) groups is 1. The molecular formula is C21H24N2O2S. The Hall–Kier alpha value is -2.27. The van der Waals surface area contributed by atoms with E-state index in [-0.39, 0.29) is 16.6 Å². The smallest absolute Gasteiger partial charge is 0.281 e. The lowest BCUT2D eigenvalue weighted by Gasteiger charge is -2.31. The van der Waals surface area contributed by atoms with Gasteiger partial charge in [-0.3, -0.25) is 9.59 Å². The average molecular weight is 369 g/mol. The van der Waals surface area contributed by atoms with Crippen LogP contribution >= 0.6 is 11.8 Å². The molecule has 0 saturated carbocycles. The second-order valence-electron chi connectivity index (χ2n) is 6.69. The van der Waals surface area contributed by atoms with Gasteiger partial charge in [0.15, 0.2) is 0 Å². The molecule has 0 aromatic heterocycles. The van der Waals surface area contributed by atoms with Gasteiger partial charge in [-0.05, 0) is 18.1 Å². The van der Waals surface area contributed by atoms with E-state index in [1.54, 1.807) is 4.90 Å². The van der Waals surface area contributed by atoms with E-state index in [0.29, 0.717) is 19.5 Å². The number of hydrogen-bond donors (Lipinski definition) is 1. The van der Waals surface area contributed by atoms with Gasteiger partial charge in [0.2, 0.25) is 5.91 Å². The first-order valence-corrected chi connectivity index (χ1v) is 9.87. The van der Waals surface area contributed by atoms with Gasteiger partial charge in [0, 0.05) is 37.2 Å². The summed E-state index contributed by atoms with van der Waals surface area (Å²) in [5, 5.41) is 3.16. The summed E-state index contributed by atoms with van der Waals surface area (Å²) < 4.78 is 0. The molecule has 0 atom stereocenters. The van der Waals surface area contributed by atoms with Gasteiger partial charge in [-0.2, -0.15) is 0 Å². The van der Waals surface area contributed by atoms with Crippen molar-refractivity contribution < 1.29 is 9.59 Å². The van der Waals surface area contributed by atoms with E-state index in [1.807, 2.05) is 36.4 Å². The van der Waals surface area contributed by atoms with Gasteiger partial charge in [-0.1, -0.05) is 72.4 Å². The minimum absolute atomic E-state index is 0.0206. The van der Waals surface area contributed by atoms with Crippen molar-refractivity contribution in [1.82, 2.24) is 10.2 Å². The lowest BCUT2D eigenvalue weighted by atomic mass is 9.76. The van der Waals surface area contributed by atoms with Gasteiger partial charge in [0.05, 0.1) is 0 Å². The molecule has 26 heavy (non-hydrogen) atoms. The maximum atomic E-state index is 12.4. The van der Waals surface area contributed by atoms with Gasteiger partial charge < -0.3 is 10.2 Å². The Morgan fingerprint density at radius 1 is 1.08 bits per heavy atom. The third-order valence-electron chi connectivity index (χ3n) is 4.91. The molecule has 0 spiro atoms. The highest BCUT2D eigenvalue weighted by Gasteiger charge is 2.29. The van der Waals surface area contributed by atoms with E-state index < -0.39 is 0 Å². The fourth-order valence-electron chi connectivity index (χ4n) is 3.21. The first-order chi connectivity index (χ1) is 12.6. The molecule has 4 nitrogen and oxygen atoms in total. The Labute approximate surface area is 159 Å². The van der Waals surface area contributed by atoms with Crippen molar-refractivity contribution >= 4 is 22.9 Å². The van der Waals surface area contributed by atoms with Crippen LogP contribution in [0.5, 0.6) is 0 Å². The number of amides is 2. The highest BCUT2D eigenvalue weighted by Crippen LogP contribution is 2.31. The summed E-state index contributed by atoms with van der Waals surface area (Å²) in [6, 6.07) is 20.5. The number of rotatable bonds is 7. The molecule has 0 aliphatic carbocycles. The molecule has 3 rings (SSSR count). The first kappa shape index (κ1) is 18.5. The fraction of sp³-hybridized carbons (Fsp3) is 0.333. The van der Waals surface area contributed by atoms with Crippen LogP contribution in [0.4, 0.5) is 4.79 Å². The van der Waals surface area contributed by atoms with Crippen molar-refractivity contribution in [2.45, 2.75) is 18.8 Å². The largest absolute Gasteiger partial charge is 0.355 e. The number of nitrogens with zero attached hydrogens (tertiary/aromatic N) is 1. The molecule has 1 N–H and O–H groups in total. The highest BCUT2D eigenvalue weighted by atomic mass is 32.2. The van der Waals surface area contributed by atoms with Crippen LogP contribution in [0.2, 0.25) is 0 Å². The van der Waals surface area contributed by atoms with Crippen molar-refractivity contribution in [1.29, 1.82) is 0 Å². The molecule has 1 aliphatic heterocycles. The molecule has 1 heterocycles. The van der Waals surface area contributed by atoms with E-state index in [9.17, 15) is 9.59 Å². The summed E-state index contributed by atoms with van der Waals surface area (Å²) in [5.41, 5.74) is 2.02. The summed E-state index contributed by atoms with van der Waals surface area (Å²) in [6.07, 6.45) is 0.339. The Bertz CT molecular complexity index is 710. The SMILES string of the molecule is CC(CNC(=O)CCN1CCSC1=O)(c1ccccc1)c1ccccc1. The molecule has 2 aromatic rings. The number of nitrogens with one attached hydrogen (secondary N) is 1. The first-order valence-electron chi connectivity index (χ1n) is 8.89. The Morgan fingerprint density at radius 3 is 2.15 bits per heavy atom. The molecule has 0 bridgehead atoms. The van der Waals surface area contributed by atoms with Gasteiger partial charge in [-0.15, -0.1) is 0 Å². The summed E-state index contributed by atoms with van der Waals surface area (Å²) in [5.74, 6) is 0.799. The van der Waals surface area contributed by atoms with E-state index in [4.69, 9.17) is 0 Å². The molecule has 1 fully saturated rings. The molecule has 2 amide bonds. The Kier molecular flexibility index (Phi) is 5.99. The standard InChI is InChI=1S/C21H24N2O2S/c1-21(17-8-4-2-5-9-17,18-10-6-3-7-11-18)16-22-19(24)12-13-23-14-15-26-20(23)25/h2-11H,12-16H2,1H3,(H,22,24).